The van der Waals surface area contributed by atoms with Crippen molar-refractivity contribution in [2.75, 3.05) is 64.3 Å². The summed E-state index contributed by atoms with van der Waals surface area (Å²) in [6.07, 6.45) is 20.4. The van der Waals surface area contributed by atoms with Gasteiger partial charge in [-0.25, -0.2) is 44.1 Å². The Morgan fingerprint density at radius 2 is 0.819 bits per heavy atom. The Bertz CT molecular complexity index is 6860. The lowest BCUT2D eigenvalue weighted by molar-refractivity contribution is 0.148. The first-order chi connectivity index (χ1) is 55.8. The molecular weight excluding hydrogens is 1460 g/mol. The average molecular weight is 1550 g/mol. The Hall–Kier alpha value is -13.0. The Morgan fingerprint density at radius 3 is 1.20 bits per heavy atom. The monoisotopic (exact) mass is 1550 g/mol. The third-order valence-corrected chi connectivity index (χ3v) is 21.3. The number of aromatic nitrogens is 14. The van der Waals surface area contributed by atoms with E-state index in [1.165, 1.54) is 0 Å². The number of benzene rings is 4. The molecule has 4 aromatic carbocycles. The second kappa shape index (κ2) is 32.1. The van der Waals surface area contributed by atoms with Crippen molar-refractivity contribution in [1.29, 1.82) is 0 Å². The lowest BCUT2D eigenvalue weighted by atomic mass is 10.1. The summed E-state index contributed by atoms with van der Waals surface area (Å²) in [5.41, 5.74) is 19.3. The topological polar surface area (TPSA) is 284 Å². The number of hydrogen-bond acceptors (Lipinski definition) is 22. The van der Waals surface area contributed by atoms with Crippen LogP contribution < -0.4 is 32.7 Å². The summed E-state index contributed by atoms with van der Waals surface area (Å²) in [6, 6.07) is 32.4. The van der Waals surface area contributed by atoms with Crippen molar-refractivity contribution in [3.63, 3.8) is 0 Å². The minimum Gasteiger partial charge on any atom is -0.422 e. The van der Waals surface area contributed by atoms with Gasteiger partial charge in [0.15, 0.2) is 22.6 Å². The molecule has 19 rings (SSSR count). The van der Waals surface area contributed by atoms with Crippen LogP contribution in [0.15, 0.2) is 202 Å². The highest BCUT2D eigenvalue weighted by Gasteiger charge is 2.25. The summed E-state index contributed by atoms with van der Waals surface area (Å²) < 4.78 is 32.2. The highest BCUT2D eigenvalue weighted by atomic mass is 16.4. The highest BCUT2D eigenvalue weighted by Crippen LogP contribution is 2.31. The van der Waals surface area contributed by atoms with Crippen molar-refractivity contribution >= 4 is 72.2 Å². The Balaban J connectivity index is 0.000000116. The number of anilines is 1. The van der Waals surface area contributed by atoms with E-state index in [-0.39, 0.29) is 16.9 Å². The molecule has 2 aliphatic heterocycles. The van der Waals surface area contributed by atoms with Crippen LogP contribution in [0.2, 0.25) is 0 Å². The predicted octanol–water partition coefficient (Wildman–Crippen LogP) is 13.5. The number of nitrogens with one attached hydrogen (secondary N) is 1. The zero-order valence-electron chi connectivity index (χ0n) is 67.3. The molecule has 2 aliphatic rings. The fraction of sp³-hybridized carbons (Fsp3) is 0.292. The number of imidazole rings is 5. The van der Waals surface area contributed by atoms with Crippen LogP contribution in [0.25, 0.3) is 111 Å². The van der Waals surface area contributed by atoms with Crippen LogP contribution in [0.5, 0.6) is 0 Å². The van der Waals surface area contributed by atoms with Crippen LogP contribution in [0.3, 0.4) is 0 Å². The lowest BCUT2D eigenvalue weighted by Crippen LogP contribution is -2.51. The third-order valence-electron chi connectivity index (χ3n) is 21.3. The van der Waals surface area contributed by atoms with Crippen LogP contribution in [0.4, 0.5) is 5.69 Å². The van der Waals surface area contributed by atoms with E-state index in [1.54, 1.807) is 12.5 Å². The van der Waals surface area contributed by atoms with Gasteiger partial charge in [0, 0.05) is 173 Å². The summed E-state index contributed by atoms with van der Waals surface area (Å²) in [7, 11) is 2.15. The number of nitrogens with zero attached hydrogens (tertiary/aromatic N) is 18. The molecule has 0 aliphatic carbocycles. The van der Waals surface area contributed by atoms with Gasteiger partial charge in [-0.3, -0.25) is 29.7 Å². The van der Waals surface area contributed by atoms with Crippen molar-refractivity contribution in [1.82, 2.24) is 87.0 Å². The molecule has 0 spiro atoms. The van der Waals surface area contributed by atoms with E-state index in [2.05, 4.69) is 117 Å². The normalized spacial score (nSPS) is 14.4. The van der Waals surface area contributed by atoms with Gasteiger partial charge in [0.1, 0.15) is 22.3 Å². The zero-order chi connectivity index (χ0) is 80.9. The summed E-state index contributed by atoms with van der Waals surface area (Å²) in [6.45, 7) is 34.7. The van der Waals surface area contributed by atoms with Gasteiger partial charge in [-0.05, 0) is 147 Å². The second-order valence-corrected chi connectivity index (χ2v) is 30.7. The minimum atomic E-state index is -0.405. The third kappa shape index (κ3) is 16.4. The van der Waals surface area contributed by atoms with E-state index < -0.39 is 5.63 Å². The standard InChI is InChI=1S/C24H27N5O2.C23H25N5O2.C21H17N5O2.C21H22N4O2/c1-5-27-8-9-28(13-16(27)3)19-7-6-18-10-20(24(30)31-22(18)11-19)21-14-29-12-15(2)25-17(4)23(29)26-21;1-15-12-28-14-20(25-22(28)16(2)24-15)19-11-18-5-4-17(10-21(18)30-23(19)29)13-27-8-6-26(3)7-9-27;1-13-9-26-11-18(24-20(26)14(2)23-13)17-8-16-4-3-15(7-19(16)28-21(17)27)10-25-6-5-22-12-25;1-12(2)22-9-15-5-6-16-8-17(21(26)27-19(16)7-15)18-11-25-10-13(3)23-14(4)20(25)24-18/h6-7,10-12,14,16H,5,8-9,13H2,1-4H3;4-5,10-12,14H,6-9,13H2,1-3H3;3-9,11-12H,10H2,1-2H3;5-8,10-12,22H,9H2,1-4H3. The van der Waals surface area contributed by atoms with Crippen LogP contribution >= 0.6 is 0 Å². The quantitative estimate of drug-likeness (QED) is 0.105. The first-order valence-corrected chi connectivity index (χ1v) is 39.1. The second-order valence-electron chi connectivity index (χ2n) is 30.7. The minimum absolute atomic E-state index is 0.370. The van der Waals surface area contributed by atoms with E-state index in [9.17, 15) is 19.2 Å². The van der Waals surface area contributed by atoms with Crippen molar-refractivity contribution in [3.8, 4) is 45.0 Å². The fourth-order valence-electron chi connectivity index (χ4n) is 15.4. The van der Waals surface area contributed by atoms with Gasteiger partial charge in [0.2, 0.25) is 0 Å². The van der Waals surface area contributed by atoms with Gasteiger partial charge in [-0.1, -0.05) is 57.2 Å². The molecule has 2 fully saturated rings. The Labute approximate surface area is 666 Å². The largest absolute Gasteiger partial charge is 0.422 e. The summed E-state index contributed by atoms with van der Waals surface area (Å²) in [5, 5.41) is 6.88. The van der Waals surface area contributed by atoms with Gasteiger partial charge >= 0.3 is 22.5 Å². The summed E-state index contributed by atoms with van der Waals surface area (Å²) in [5.74, 6) is 0. The molecule has 1 unspecified atom stereocenters. The number of piperazine rings is 2. The molecule has 116 heavy (non-hydrogen) atoms. The molecule has 15 heterocycles. The average Bonchev–Trinajstić information content (AvgIpc) is 1.60. The number of aryl methyl sites for hydroxylation is 8. The molecule has 590 valence electrons. The molecule has 1 atom stereocenters. The smallest absolute Gasteiger partial charge is 0.345 e. The van der Waals surface area contributed by atoms with Crippen molar-refractivity contribution in [3.05, 3.63) is 269 Å². The molecule has 0 bridgehead atoms. The maximum absolute atomic E-state index is 12.8. The molecule has 2 saturated heterocycles. The Morgan fingerprint density at radius 1 is 0.440 bits per heavy atom. The first-order valence-electron chi connectivity index (χ1n) is 39.1. The molecule has 1 N–H and O–H groups in total. The van der Waals surface area contributed by atoms with Crippen molar-refractivity contribution in [2.24, 2.45) is 0 Å². The van der Waals surface area contributed by atoms with E-state index in [0.29, 0.717) is 86.0 Å². The van der Waals surface area contributed by atoms with Crippen LogP contribution in [-0.4, -0.2) is 153 Å². The predicted molar refractivity (Wildman–Crippen MR) is 451 cm³/mol. The number of rotatable bonds is 13. The van der Waals surface area contributed by atoms with Crippen molar-refractivity contribution in [2.45, 2.75) is 115 Å². The number of fused-ring (bicyclic) bond motifs is 8. The Kier molecular flexibility index (Phi) is 21.3. The SMILES string of the molecule is CCN1CCN(c2ccc3cc(-c4cn5cc(C)nc(C)c5n4)c(=O)oc3c2)CC1C.Cc1cn2cc(-c3cc4ccc(CN5CCN(C)CC5)cc4oc3=O)nc2c(C)n1.Cc1cn2cc(-c3cc4ccc(CNC(C)C)cc4oc3=O)nc2c(C)n1.Cc1cn2cc(-c3cc4ccc(Cn5ccnc5)cc4oc3=O)nc2c(C)n1. The van der Waals surface area contributed by atoms with Crippen LogP contribution in [0.1, 0.15) is 89.9 Å². The highest BCUT2D eigenvalue weighted by molar-refractivity contribution is 5.86. The molecule has 27 nitrogen and oxygen atoms in total. The molecule has 27 heteroatoms. The lowest BCUT2D eigenvalue weighted by Gasteiger charge is -2.40. The number of hydrogen-bond donors (Lipinski definition) is 1. The molecule has 0 amide bonds. The van der Waals surface area contributed by atoms with E-state index >= 15 is 0 Å². The summed E-state index contributed by atoms with van der Waals surface area (Å²) >= 11 is 0. The van der Waals surface area contributed by atoms with Gasteiger partial charge in [-0.15, -0.1) is 0 Å². The maximum atomic E-state index is 12.8. The van der Waals surface area contributed by atoms with E-state index in [1.807, 2.05) is 218 Å². The van der Waals surface area contributed by atoms with E-state index in [4.69, 9.17) is 17.7 Å². The van der Waals surface area contributed by atoms with Crippen LogP contribution in [0, 0.1) is 55.4 Å². The molecule has 13 aromatic heterocycles. The van der Waals surface area contributed by atoms with Gasteiger partial charge in [-0.2, -0.15) is 0 Å². The van der Waals surface area contributed by atoms with Crippen LogP contribution in [-0.2, 0) is 19.6 Å². The maximum Gasteiger partial charge on any atom is 0.345 e. The van der Waals surface area contributed by atoms with Gasteiger partial charge in [0.25, 0.3) is 0 Å². The van der Waals surface area contributed by atoms with E-state index in [0.717, 1.165) is 178 Å². The molecule has 17 aromatic rings. The molecule has 0 saturated carbocycles. The fourth-order valence-corrected chi connectivity index (χ4v) is 15.4. The summed E-state index contributed by atoms with van der Waals surface area (Å²) in [4.78, 5) is 101. The first kappa shape index (κ1) is 77.0. The van der Waals surface area contributed by atoms with Gasteiger partial charge < -0.3 is 55.0 Å². The molecular formula is C89H91N19O8. The number of likely N-dealkylation sites (N-methyl/N-ethyl adjacent to an activating group) is 2. The van der Waals surface area contributed by atoms with Crippen molar-refractivity contribution < 1.29 is 17.7 Å². The zero-order valence-corrected chi connectivity index (χ0v) is 67.3. The van der Waals surface area contributed by atoms with Gasteiger partial charge in [0.05, 0.1) is 96.9 Å². The molecule has 0 radical (unpaired) electrons.